The van der Waals surface area contributed by atoms with E-state index >= 15 is 0 Å². The summed E-state index contributed by atoms with van der Waals surface area (Å²) in [6, 6.07) is 15.2. The zero-order valence-electron chi connectivity index (χ0n) is 15.2. The molecule has 0 aromatic heterocycles. The van der Waals surface area contributed by atoms with Crippen LogP contribution < -0.4 is 5.32 Å². The molecule has 138 valence electrons. The summed E-state index contributed by atoms with van der Waals surface area (Å²) in [5, 5.41) is 2.90. The van der Waals surface area contributed by atoms with Crippen LogP contribution in [-0.2, 0) is 13.0 Å². The van der Waals surface area contributed by atoms with Gasteiger partial charge in [-0.1, -0.05) is 48.0 Å². The minimum Gasteiger partial charge on any atom is -0.338 e. The van der Waals surface area contributed by atoms with Gasteiger partial charge in [-0.25, -0.2) is 9.18 Å². The van der Waals surface area contributed by atoms with E-state index < -0.39 is 0 Å². The van der Waals surface area contributed by atoms with E-state index in [9.17, 15) is 9.18 Å². The number of carbonyl (C=O) groups excluding carboxylic acids is 1. The maximum absolute atomic E-state index is 13.6. The molecule has 0 atom stereocenters. The summed E-state index contributed by atoms with van der Waals surface area (Å²) in [4.78, 5) is 16.5. The molecule has 1 N–H and O–H groups in total. The molecule has 0 saturated carbocycles. The van der Waals surface area contributed by atoms with Gasteiger partial charge >= 0.3 is 6.03 Å². The number of hydrogen-bond acceptors (Lipinski definition) is 2. The molecule has 0 aliphatic carbocycles. The van der Waals surface area contributed by atoms with E-state index in [4.69, 9.17) is 0 Å². The molecular formula is C21H26FN3O. The lowest BCUT2D eigenvalue weighted by atomic mass is 10.1. The maximum atomic E-state index is 13.6. The van der Waals surface area contributed by atoms with Crippen LogP contribution in [0.3, 0.4) is 0 Å². The Morgan fingerprint density at radius 3 is 2.42 bits per heavy atom. The highest BCUT2D eigenvalue weighted by atomic mass is 19.1. The monoisotopic (exact) mass is 355 g/mol. The number of amides is 2. The van der Waals surface area contributed by atoms with E-state index in [0.717, 1.165) is 32.7 Å². The number of hydrogen-bond donors (Lipinski definition) is 1. The van der Waals surface area contributed by atoms with Gasteiger partial charge in [-0.3, -0.25) is 4.90 Å². The van der Waals surface area contributed by atoms with Gasteiger partial charge in [0.1, 0.15) is 5.82 Å². The molecule has 3 rings (SSSR count). The number of carbonyl (C=O) groups is 1. The molecule has 1 aliphatic heterocycles. The fourth-order valence-corrected chi connectivity index (χ4v) is 3.18. The number of aryl methyl sites for hydroxylation is 1. The Balaban J connectivity index is 1.39. The number of urea groups is 1. The van der Waals surface area contributed by atoms with Crippen LogP contribution in [0.5, 0.6) is 0 Å². The number of rotatable bonds is 5. The van der Waals surface area contributed by atoms with Crippen molar-refractivity contribution in [1.82, 2.24) is 15.1 Å². The lowest BCUT2D eigenvalue weighted by molar-refractivity contribution is 0.135. The highest BCUT2D eigenvalue weighted by Gasteiger charge is 2.20. The molecular weight excluding hydrogens is 329 g/mol. The SMILES string of the molecule is Cc1ccc(CN2CCN(C(=O)NCCc3ccccc3F)CC2)cc1. The lowest BCUT2D eigenvalue weighted by Crippen LogP contribution is -2.51. The molecule has 1 aliphatic rings. The molecule has 1 saturated heterocycles. The predicted octanol–water partition coefficient (Wildman–Crippen LogP) is 3.20. The van der Waals surface area contributed by atoms with Gasteiger partial charge in [-0.15, -0.1) is 0 Å². The molecule has 2 amide bonds. The first-order chi connectivity index (χ1) is 12.6. The summed E-state index contributed by atoms with van der Waals surface area (Å²) in [5.74, 6) is -0.216. The van der Waals surface area contributed by atoms with E-state index in [-0.39, 0.29) is 11.8 Å². The van der Waals surface area contributed by atoms with Gasteiger partial charge in [0.2, 0.25) is 0 Å². The second-order valence-electron chi connectivity index (χ2n) is 6.82. The summed E-state index contributed by atoms with van der Waals surface area (Å²) < 4.78 is 13.6. The second kappa shape index (κ2) is 8.81. The average molecular weight is 355 g/mol. The largest absolute Gasteiger partial charge is 0.338 e. The number of benzene rings is 2. The first-order valence-corrected chi connectivity index (χ1v) is 9.16. The van der Waals surface area contributed by atoms with Crippen LogP contribution in [0.2, 0.25) is 0 Å². The molecule has 1 fully saturated rings. The van der Waals surface area contributed by atoms with Crippen LogP contribution in [0.15, 0.2) is 48.5 Å². The van der Waals surface area contributed by atoms with Crippen LogP contribution in [0.4, 0.5) is 9.18 Å². The molecule has 0 spiro atoms. The van der Waals surface area contributed by atoms with E-state index in [1.54, 1.807) is 12.1 Å². The summed E-state index contributed by atoms with van der Waals surface area (Å²) in [6.45, 7) is 6.64. The van der Waals surface area contributed by atoms with Crippen LogP contribution >= 0.6 is 0 Å². The van der Waals surface area contributed by atoms with Crippen molar-refractivity contribution in [3.8, 4) is 0 Å². The number of piperazine rings is 1. The quantitative estimate of drug-likeness (QED) is 0.894. The smallest absolute Gasteiger partial charge is 0.317 e. The Morgan fingerprint density at radius 2 is 1.73 bits per heavy atom. The van der Waals surface area contributed by atoms with Crippen LogP contribution in [0, 0.1) is 12.7 Å². The standard InChI is InChI=1S/C21H26FN3O/c1-17-6-8-18(9-7-17)16-24-12-14-25(15-13-24)21(26)23-11-10-19-4-2-3-5-20(19)22/h2-9H,10-16H2,1H3,(H,23,26). The third-order valence-electron chi connectivity index (χ3n) is 4.81. The zero-order chi connectivity index (χ0) is 18.4. The van der Waals surface area contributed by atoms with Crippen molar-refractivity contribution in [2.45, 2.75) is 19.9 Å². The minimum atomic E-state index is -0.216. The summed E-state index contributed by atoms with van der Waals surface area (Å²) >= 11 is 0. The summed E-state index contributed by atoms with van der Waals surface area (Å²) in [5.41, 5.74) is 3.21. The molecule has 4 nitrogen and oxygen atoms in total. The minimum absolute atomic E-state index is 0.0590. The van der Waals surface area contributed by atoms with Crippen molar-refractivity contribution < 1.29 is 9.18 Å². The van der Waals surface area contributed by atoms with Crippen molar-refractivity contribution >= 4 is 6.03 Å². The maximum Gasteiger partial charge on any atom is 0.317 e. The van der Waals surface area contributed by atoms with Gasteiger partial charge in [0, 0.05) is 39.3 Å². The van der Waals surface area contributed by atoms with Crippen molar-refractivity contribution in [3.05, 3.63) is 71.0 Å². The molecule has 26 heavy (non-hydrogen) atoms. The molecule has 5 heteroatoms. The molecule has 1 heterocycles. The van der Waals surface area contributed by atoms with Gasteiger partial charge < -0.3 is 10.2 Å². The molecule has 2 aromatic rings. The molecule has 2 aromatic carbocycles. The number of nitrogens with zero attached hydrogens (tertiary/aromatic N) is 2. The van der Waals surface area contributed by atoms with Gasteiger partial charge in [0.05, 0.1) is 0 Å². The normalized spacial score (nSPS) is 15.1. The fraction of sp³-hybridized carbons (Fsp3) is 0.381. The summed E-state index contributed by atoms with van der Waals surface area (Å²) in [7, 11) is 0. The zero-order valence-corrected chi connectivity index (χ0v) is 15.2. The first-order valence-electron chi connectivity index (χ1n) is 9.16. The number of halogens is 1. The highest BCUT2D eigenvalue weighted by Crippen LogP contribution is 2.10. The van der Waals surface area contributed by atoms with Gasteiger partial charge in [-0.05, 0) is 30.5 Å². The highest BCUT2D eigenvalue weighted by molar-refractivity contribution is 5.74. The van der Waals surface area contributed by atoms with Gasteiger partial charge in [0.15, 0.2) is 0 Å². The average Bonchev–Trinajstić information content (AvgIpc) is 2.66. The van der Waals surface area contributed by atoms with Crippen molar-refractivity contribution in [2.24, 2.45) is 0 Å². The Morgan fingerprint density at radius 1 is 1.04 bits per heavy atom. The van der Waals surface area contributed by atoms with Crippen molar-refractivity contribution in [3.63, 3.8) is 0 Å². The van der Waals surface area contributed by atoms with Crippen LogP contribution in [0.25, 0.3) is 0 Å². The van der Waals surface area contributed by atoms with Crippen LogP contribution in [0.1, 0.15) is 16.7 Å². The fourth-order valence-electron chi connectivity index (χ4n) is 3.18. The molecule has 0 unspecified atom stereocenters. The topological polar surface area (TPSA) is 35.6 Å². The van der Waals surface area contributed by atoms with Gasteiger partial charge in [0.25, 0.3) is 0 Å². The van der Waals surface area contributed by atoms with Gasteiger partial charge in [-0.2, -0.15) is 0 Å². The lowest BCUT2D eigenvalue weighted by Gasteiger charge is -2.34. The van der Waals surface area contributed by atoms with Crippen molar-refractivity contribution in [2.75, 3.05) is 32.7 Å². The summed E-state index contributed by atoms with van der Waals surface area (Å²) in [6.07, 6.45) is 0.506. The second-order valence-corrected chi connectivity index (χ2v) is 6.82. The third kappa shape index (κ3) is 5.05. The van der Waals surface area contributed by atoms with E-state index in [1.807, 2.05) is 11.0 Å². The Hall–Kier alpha value is -2.40. The first kappa shape index (κ1) is 18.4. The predicted molar refractivity (Wildman–Crippen MR) is 102 cm³/mol. The Labute approximate surface area is 154 Å². The van der Waals surface area contributed by atoms with E-state index in [0.29, 0.717) is 18.5 Å². The van der Waals surface area contributed by atoms with Crippen molar-refractivity contribution in [1.29, 1.82) is 0 Å². The number of nitrogens with one attached hydrogen (secondary N) is 1. The molecule has 0 bridgehead atoms. The molecule has 0 radical (unpaired) electrons. The van der Waals surface area contributed by atoms with E-state index in [1.165, 1.54) is 17.2 Å². The van der Waals surface area contributed by atoms with Crippen LogP contribution in [-0.4, -0.2) is 48.6 Å². The third-order valence-corrected chi connectivity index (χ3v) is 4.81. The van der Waals surface area contributed by atoms with E-state index in [2.05, 4.69) is 41.4 Å². The Kier molecular flexibility index (Phi) is 6.23. The Bertz CT molecular complexity index is 724.